The predicted octanol–water partition coefficient (Wildman–Crippen LogP) is 3.03. The van der Waals surface area contributed by atoms with Gasteiger partial charge in [-0.2, -0.15) is 5.26 Å². The zero-order chi connectivity index (χ0) is 14.8. The zero-order valence-corrected chi connectivity index (χ0v) is 11.7. The molecule has 0 amide bonds. The Kier molecular flexibility index (Phi) is 6.11. The Morgan fingerprint density at radius 2 is 1.29 bits per heavy atom. The van der Waals surface area contributed by atoms with Crippen LogP contribution in [0.5, 0.6) is 11.5 Å². The van der Waals surface area contributed by atoms with E-state index < -0.39 is 0 Å². The molecule has 2 aromatic carbocycles. The first-order chi connectivity index (χ1) is 10.4. The van der Waals surface area contributed by atoms with Crippen molar-refractivity contribution in [1.29, 1.82) is 5.26 Å². The van der Waals surface area contributed by atoms with Crippen molar-refractivity contribution < 1.29 is 14.2 Å². The van der Waals surface area contributed by atoms with Gasteiger partial charge in [0.05, 0.1) is 24.8 Å². The highest BCUT2D eigenvalue weighted by atomic mass is 16.5. The average molecular weight is 283 g/mol. The van der Waals surface area contributed by atoms with E-state index in [-0.39, 0.29) is 0 Å². The molecule has 0 aliphatic carbocycles. The van der Waals surface area contributed by atoms with Gasteiger partial charge < -0.3 is 14.2 Å². The molecule has 0 atom stereocenters. The highest BCUT2D eigenvalue weighted by molar-refractivity contribution is 5.34. The van der Waals surface area contributed by atoms with Crippen LogP contribution in [0.3, 0.4) is 0 Å². The molecule has 0 aliphatic heterocycles. The Labute approximate surface area is 124 Å². The van der Waals surface area contributed by atoms with E-state index in [0.29, 0.717) is 32.0 Å². The van der Waals surface area contributed by atoms with Crippen molar-refractivity contribution in [3.63, 3.8) is 0 Å². The van der Waals surface area contributed by atoms with Crippen molar-refractivity contribution in [3.8, 4) is 17.6 Å². The summed E-state index contributed by atoms with van der Waals surface area (Å²) in [5.74, 6) is 1.58. The fourth-order valence-electron chi connectivity index (χ4n) is 1.68. The fourth-order valence-corrected chi connectivity index (χ4v) is 1.68. The normalized spacial score (nSPS) is 9.86. The van der Waals surface area contributed by atoms with Crippen molar-refractivity contribution in [2.24, 2.45) is 0 Å². The molecule has 2 aromatic rings. The fraction of sp³-hybridized carbons (Fsp3) is 0.235. The first-order valence-electron chi connectivity index (χ1n) is 6.77. The number of benzene rings is 2. The molecule has 108 valence electrons. The van der Waals surface area contributed by atoms with E-state index in [2.05, 4.69) is 6.07 Å². The van der Waals surface area contributed by atoms with Crippen LogP contribution in [-0.4, -0.2) is 26.4 Å². The van der Waals surface area contributed by atoms with E-state index in [0.717, 1.165) is 11.5 Å². The number of hydrogen-bond acceptors (Lipinski definition) is 4. The Morgan fingerprint density at radius 1 is 0.714 bits per heavy atom. The van der Waals surface area contributed by atoms with Crippen LogP contribution >= 0.6 is 0 Å². The number of nitriles is 1. The van der Waals surface area contributed by atoms with Crippen LogP contribution in [0.4, 0.5) is 0 Å². The van der Waals surface area contributed by atoms with Crippen molar-refractivity contribution in [1.82, 2.24) is 0 Å². The first-order valence-corrected chi connectivity index (χ1v) is 6.77. The van der Waals surface area contributed by atoms with Crippen molar-refractivity contribution in [2.75, 3.05) is 26.4 Å². The Morgan fingerprint density at radius 3 is 1.86 bits per heavy atom. The SMILES string of the molecule is N#Cc1ccc(OCCOCCOc2ccccc2)cc1. The molecule has 0 aliphatic rings. The van der Waals surface area contributed by atoms with Gasteiger partial charge in [0, 0.05) is 0 Å². The van der Waals surface area contributed by atoms with Gasteiger partial charge in [0.15, 0.2) is 0 Å². The van der Waals surface area contributed by atoms with E-state index in [9.17, 15) is 0 Å². The zero-order valence-electron chi connectivity index (χ0n) is 11.7. The molecule has 0 bridgehead atoms. The second kappa shape index (κ2) is 8.62. The van der Waals surface area contributed by atoms with Gasteiger partial charge in [0.1, 0.15) is 24.7 Å². The van der Waals surface area contributed by atoms with Gasteiger partial charge in [-0.15, -0.1) is 0 Å². The molecule has 0 heterocycles. The van der Waals surface area contributed by atoms with Crippen LogP contribution in [0.25, 0.3) is 0 Å². The minimum Gasteiger partial charge on any atom is -0.491 e. The summed E-state index contributed by atoms with van der Waals surface area (Å²) < 4.78 is 16.4. The largest absolute Gasteiger partial charge is 0.491 e. The lowest BCUT2D eigenvalue weighted by Gasteiger charge is -2.08. The van der Waals surface area contributed by atoms with Crippen molar-refractivity contribution >= 4 is 0 Å². The second-order valence-corrected chi connectivity index (χ2v) is 4.26. The summed E-state index contributed by atoms with van der Waals surface area (Å²) in [5, 5.41) is 8.68. The molecule has 0 saturated heterocycles. The van der Waals surface area contributed by atoms with Gasteiger partial charge in [-0.1, -0.05) is 18.2 Å². The molecule has 4 heteroatoms. The molecule has 0 saturated carbocycles. The van der Waals surface area contributed by atoms with Crippen LogP contribution in [0.15, 0.2) is 54.6 Å². The molecule has 4 nitrogen and oxygen atoms in total. The van der Waals surface area contributed by atoms with Gasteiger partial charge in [0.2, 0.25) is 0 Å². The molecule has 0 unspecified atom stereocenters. The molecular formula is C17H17NO3. The predicted molar refractivity (Wildman–Crippen MR) is 79.4 cm³/mol. The quantitative estimate of drug-likeness (QED) is 0.699. The third-order valence-electron chi connectivity index (χ3n) is 2.72. The standard InChI is InChI=1S/C17H17NO3/c18-14-15-6-8-17(9-7-15)21-13-11-19-10-12-20-16-4-2-1-3-5-16/h1-9H,10-13H2. The topological polar surface area (TPSA) is 51.5 Å². The van der Waals surface area contributed by atoms with Crippen LogP contribution in [0.2, 0.25) is 0 Å². The molecular weight excluding hydrogens is 266 g/mol. The van der Waals surface area contributed by atoms with Gasteiger partial charge in [-0.25, -0.2) is 0 Å². The number of para-hydroxylation sites is 1. The lowest BCUT2D eigenvalue weighted by atomic mass is 10.2. The highest BCUT2D eigenvalue weighted by Crippen LogP contribution is 2.11. The summed E-state index contributed by atoms with van der Waals surface area (Å²) in [5.41, 5.74) is 0.622. The van der Waals surface area contributed by atoms with E-state index in [1.54, 1.807) is 24.3 Å². The Bertz CT molecular complexity index is 561. The van der Waals surface area contributed by atoms with E-state index in [4.69, 9.17) is 19.5 Å². The summed E-state index contributed by atoms with van der Waals surface area (Å²) in [6, 6.07) is 18.7. The maximum atomic E-state index is 8.68. The molecule has 0 aromatic heterocycles. The third-order valence-corrected chi connectivity index (χ3v) is 2.72. The van der Waals surface area contributed by atoms with E-state index >= 15 is 0 Å². The lowest BCUT2D eigenvalue weighted by molar-refractivity contribution is 0.0764. The molecule has 0 radical (unpaired) electrons. The van der Waals surface area contributed by atoms with Gasteiger partial charge >= 0.3 is 0 Å². The van der Waals surface area contributed by atoms with E-state index in [1.165, 1.54) is 0 Å². The maximum absolute atomic E-state index is 8.68. The number of nitrogens with zero attached hydrogens (tertiary/aromatic N) is 1. The van der Waals surface area contributed by atoms with Crippen molar-refractivity contribution in [3.05, 3.63) is 60.2 Å². The minimum absolute atomic E-state index is 0.469. The summed E-state index contributed by atoms with van der Waals surface area (Å²) in [7, 11) is 0. The molecule has 0 N–H and O–H groups in total. The van der Waals surface area contributed by atoms with Gasteiger partial charge in [-0.3, -0.25) is 0 Å². The van der Waals surface area contributed by atoms with Crippen LogP contribution in [-0.2, 0) is 4.74 Å². The Hall–Kier alpha value is -2.51. The van der Waals surface area contributed by atoms with E-state index in [1.807, 2.05) is 30.3 Å². The third kappa shape index (κ3) is 5.55. The summed E-state index contributed by atoms with van der Waals surface area (Å²) in [6.45, 7) is 2.00. The van der Waals surface area contributed by atoms with Crippen molar-refractivity contribution in [2.45, 2.75) is 0 Å². The first kappa shape index (κ1) is 14.9. The Balaban J connectivity index is 1.53. The minimum atomic E-state index is 0.469. The van der Waals surface area contributed by atoms with Crippen LogP contribution in [0.1, 0.15) is 5.56 Å². The van der Waals surface area contributed by atoms with Gasteiger partial charge in [-0.05, 0) is 36.4 Å². The number of hydrogen-bond donors (Lipinski definition) is 0. The summed E-state index contributed by atoms with van der Waals surface area (Å²) in [4.78, 5) is 0. The lowest BCUT2D eigenvalue weighted by Crippen LogP contribution is -2.12. The second-order valence-electron chi connectivity index (χ2n) is 4.26. The summed E-state index contributed by atoms with van der Waals surface area (Å²) >= 11 is 0. The molecule has 0 spiro atoms. The maximum Gasteiger partial charge on any atom is 0.119 e. The highest BCUT2D eigenvalue weighted by Gasteiger charge is 1.96. The molecule has 2 rings (SSSR count). The molecule has 21 heavy (non-hydrogen) atoms. The smallest absolute Gasteiger partial charge is 0.119 e. The van der Waals surface area contributed by atoms with Crippen LogP contribution < -0.4 is 9.47 Å². The molecule has 0 fully saturated rings. The van der Waals surface area contributed by atoms with Crippen LogP contribution in [0, 0.1) is 11.3 Å². The number of ether oxygens (including phenoxy) is 3. The van der Waals surface area contributed by atoms with Gasteiger partial charge in [0.25, 0.3) is 0 Å². The monoisotopic (exact) mass is 283 g/mol. The number of rotatable bonds is 8. The average Bonchev–Trinajstić information content (AvgIpc) is 2.55. The summed E-state index contributed by atoms with van der Waals surface area (Å²) in [6.07, 6.45) is 0.